The smallest absolute Gasteiger partial charge is 0.223 e. The van der Waals surface area contributed by atoms with E-state index < -0.39 is 0 Å². The van der Waals surface area contributed by atoms with Gasteiger partial charge < -0.3 is 20.9 Å². The summed E-state index contributed by atoms with van der Waals surface area (Å²) in [5, 5.41) is 0.876. The van der Waals surface area contributed by atoms with Gasteiger partial charge in [0.25, 0.3) is 0 Å². The molecular weight excluding hydrogens is 312 g/mol. The van der Waals surface area contributed by atoms with Gasteiger partial charge in [0.1, 0.15) is 10.6 Å². The van der Waals surface area contributed by atoms with Crippen molar-refractivity contribution >= 4 is 33.3 Å². The molecule has 0 spiro atoms. The van der Waals surface area contributed by atoms with E-state index in [1.54, 1.807) is 25.6 Å². The van der Waals surface area contributed by atoms with E-state index in [9.17, 15) is 0 Å². The normalized spacial score (nSPS) is 10.9. The van der Waals surface area contributed by atoms with E-state index in [-0.39, 0.29) is 5.95 Å². The zero-order valence-corrected chi connectivity index (χ0v) is 14.0. The van der Waals surface area contributed by atoms with Crippen molar-refractivity contribution < 1.29 is 9.47 Å². The quantitative estimate of drug-likeness (QED) is 0.763. The van der Waals surface area contributed by atoms with Gasteiger partial charge in [-0.05, 0) is 18.6 Å². The Kier molecular flexibility index (Phi) is 3.96. The number of methoxy groups -OCH3 is 2. The van der Waals surface area contributed by atoms with Crippen LogP contribution in [0.2, 0.25) is 0 Å². The number of fused-ring (bicyclic) bond motifs is 1. The summed E-state index contributed by atoms with van der Waals surface area (Å²) >= 11 is 1.57. The summed E-state index contributed by atoms with van der Waals surface area (Å²) in [5.41, 5.74) is 13.8. The van der Waals surface area contributed by atoms with E-state index in [2.05, 4.69) is 9.97 Å². The molecule has 0 amide bonds. The van der Waals surface area contributed by atoms with Gasteiger partial charge in [-0.25, -0.2) is 4.98 Å². The van der Waals surface area contributed by atoms with E-state index >= 15 is 0 Å². The Labute approximate surface area is 138 Å². The molecule has 120 valence electrons. The van der Waals surface area contributed by atoms with Crippen molar-refractivity contribution in [2.24, 2.45) is 0 Å². The van der Waals surface area contributed by atoms with Crippen LogP contribution in [0, 0.1) is 6.92 Å². The second-order valence-corrected chi connectivity index (χ2v) is 6.21. The molecule has 3 rings (SSSR count). The maximum Gasteiger partial charge on any atom is 0.223 e. The van der Waals surface area contributed by atoms with Gasteiger partial charge in [0.15, 0.2) is 11.5 Å². The van der Waals surface area contributed by atoms with Crippen molar-refractivity contribution in [1.82, 2.24) is 9.97 Å². The third-order valence-corrected chi connectivity index (χ3v) is 4.96. The highest BCUT2D eigenvalue weighted by molar-refractivity contribution is 7.19. The lowest BCUT2D eigenvalue weighted by molar-refractivity contribution is 0.352. The van der Waals surface area contributed by atoms with Gasteiger partial charge in [-0.1, -0.05) is 12.1 Å². The maximum absolute atomic E-state index is 6.00. The monoisotopic (exact) mass is 330 g/mol. The van der Waals surface area contributed by atoms with Crippen molar-refractivity contribution in [3.05, 3.63) is 34.2 Å². The van der Waals surface area contributed by atoms with E-state index in [1.165, 1.54) is 0 Å². The van der Waals surface area contributed by atoms with Gasteiger partial charge in [0.05, 0.1) is 19.6 Å². The number of nitrogen functional groups attached to an aromatic ring is 2. The van der Waals surface area contributed by atoms with Crippen molar-refractivity contribution in [3.8, 4) is 11.5 Å². The minimum absolute atomic E-state index is 0.196. The van der Waals surface area contributed by atoms with Gasteiger partial charge in [0.2, 0.25) is 5.95 Å². The van der Waals surface area contributed by atoms with Crippen LogP contribution in [0.5, 0.6) is 11.5 Å². The first-order valence-corrected chi connectivity index (χ1v) is 7.87. The summed E-state index contributed by atoms with van der Waals surface area (Å²) in [4.78, 5) is 10.3. The van der Waals surface area contributed by atoms with Crippen LogP contribution < -0.4 is 20.9 Å². The Morgan fingerprint density at radius 3 is 2.61 bits per heavy atom. The fraction of sp³-hybridized carbons (Fsp3) is 0.250. The topological polar surface area (TPSA) is 96.3 Å². The highest BCUT2D eigenvalue weighted by atomic mass is 32.1. The van der Waals surface area contributed by atoms with Crippen molar-refractivity contribution in [3.63, 3.8) is 0 Å². The van der Waals surface area contributed by atoms with Gasteiger partial charge in [-0.3, -0.25) is 0 Å². The minimum Gasteiger partial charge on any atom is -0.493 e. The van der Waals surface area contributed by atoms with Crippen LogP contribution >= 0.6 is 11.3 Å². The van der Waals surface area contributed by atoms with Crippen LogP contribution in [0.25, 0.3) is 10.2 Å². The SMILES string of the molecule is COc1cccc(Cc2sc3nc(N)nc(N)c3c2C)c1OC. The Morgan fingerprint density at radius 2 is 1.91 bits per heavy atom. The van der Waals surface area contributed by atoms with Crippen LogP contribution in [-0.2, 0) is 6.42 Å². The average Bonchev–Trinajstić information content (AvgIpc) is 2.83. The van der Waals surface area contributed by atoms with Gasteiger partial charge in [-0.15, -0.1) is 11.3 Å². The van der Waals surface area contributed by atoms with E-state index in [0.717, 1.165) is 32.0 Å². The molecule has 0 unspecified atom stereocenters. The number of rotatable bonds is 4. The van der Waals surface area contributed by atoms with Crippen LogP contribution in [0.15, 0.2) is 18.2 Å². The molecule has 7 heteroatoms. The largest absolute Gasteiger partial charge is 0.493 e. The molecule has 1 aromatic carbocycles. The number of aromatic nitrogens is 2. The molecule has 0 fully saturated rings. The standard InChI is InChI=1S/C16H18N4O2S/c1-8-11(23-15-12(8)14(17)19-16(18)20-15)7-9-5-4-6-10(21-2)13(9)22-3/h4-6H,7H2,1-3H3,(H4,17,18,19,20). The third kappa shape index (κ3) is 2.63. The molecule has 4 N–H and O–H groups in total. The van der Waals surface area contributed by atoms with Crippen LogP contribution in [0.1, 0.15) is 16.0 Å². The number of hydrogen-bond acceptors (Lipinski definition) is 7. The summed E-state index contributed by atoms with van der Waals surface area (Å²) in [7, 11) is 3.27. The molecule has 0 radical (unpaired) electrons. The van der Waals surface area contributed by atoms with E-state index in [0.29, 0.717) is 18.0 Å². The summed E-state index contributed by atoms with van der Waals surface area (Å²) in [6.45, 7) is 2.02. The highest BCUT2D eigenvalue weighted by Gasteiger charge is 2.17. The van der Waals surface area contributed by atoms with Crippen LogP contribution in [0.3, 0.4) is 0 Å². The highest BCUT2D eigenvalue weighted by Crippen LogP contribution is 2.37. The first kappa shape index (κ1) is 15.4. The molecule has 6 nitrogen and oxygen atoms in total. The summed E-state index contributed by atoms with van der Waals surface area (Å²) < 4.78 is 10.9. The van der Waals surface area contributed by atoms with Crippen molar-refractivity contribution in [2.45, 2.75) is 13.3 Å². The molecule has 2 aromatic heterocycles. The molecule has 0 bridgehead atoms. The predicted octanol–water partition coefficient (Wildman–Crippen LogP) is 2.77. The lowest BCUT2D eigenvalue weighted by Crippen LogP contribution is -1.99. The number of nitrogens with zero attached hydrogens (tertiary/aromatic N) is 2. The molecule has 23 heavy (non-hydrogen) atoms. The fourth-order valence-corrected chi connectivity index (χ4v) is 3.88. The van der Waals surface area contributed by atoms with E-state index in [1.807, 2.05) is 25.1 Å². The summed E-state index contributed by atoms with van der Waals surface area (Å²) in [6, 6.07) is 5.85. The van der Waals surface area contributed by atoms with Crippen LogP contribution in [-0.4, -0.2) is 24.2 Å². The Morgan fingerprint density at radius 1 is 1.13 bits per heavy atom. The molecule has 0 saturated carbocycles. The zero-order chi connectivity index (χ0) is 16.6. The molecule has 0 saturated heterocycles. The Hall–Kier alpha value is -2.54. The fourth-order valence-electron chi connectivity index (χ4n) is 2.67. The number of para-hydroxylation sites is 1. The van der Waals surface area contributed by atoms with E-state index in [4.69, 9.17) is 20.9 Å². The first-order chi connectivity index (χ1) is 11.0. The average molecular weight is 330 g/mol. The molecular formula is C16H18N4O2S. The van der Waals surface area contributed by atoms with Gasteiger partial charge in [-0.2, -0.15) is 4.98 Å². The minimum atomic E-state index is 0.196. The molecule has 0 atom stereocenters. The Balaban J connectivity index is 2.09. The summed E-state index contributed by atoms with van der Waals surface area (Å²) in [6.07, 6.45) is 0.701. The third-order valence-electron chi connectivity index (χ3n) is 3.77. The number of anilines is 2. The lowest BCUT2D eigenvalue weighted by Gasteiger charge is -2.12. The zero-order valence-electron chi connectivity index (χ0n) is 13.2. The van der Waals surface area contributed by atoms with Crippen molar-refractivity contribution in [1.29, 1.82) is 0 Å². The number of hydrogen-bond donors (Lipinski definition) is 2. The molecule has 0 aliphatic carbocycles. The number of aryl methyl sites for hydroxylation is 1. The van der Waals surface area contributed by atoms with Gasteiger partial charge >= 0.3 is 0 Å². The van der Waals surface area contributed by atoms with Gasteiger partial charge in [0, 0.05) is 16.9 Å². The predicted molar refractivity (Wildman–Crippen MR) is 93.3 cm³/mol. The number of ether oxygens (including phenoxy) is 2. The molecule has 3 aromatic rings. The molecule has 2 heterocycles. The second-order valence-electron chi connectivity index (χ2n) is 5.13. The maximum atomic E-state index is 6.00. The number of benzene rings is 1. The van der Waals surface area contributed by atoms with Crippen LogP contribution in [0.4, 0.5) is 11.8 Å². The molecule has 0 aliphatic rings. The molecule has 0 aliphatic heterocycles. The Bertz CT molecular complexity index is 876. The first-order valence-electron chi connectivity index (χ1n) is 7.06. The second kappa shape index (κ2) is 5.92. The number of nitrogens with two attached hydrogens (primary N) is 2. The number of thiophene rings is 1. The summed E-state index contributed by atoms with van der Waals surface area (Å²) in [5.74, 6) is 2.07. The lowest BCUT2D eigenvalue weighted by atomic mass is 10.1. The van der Waals surface area contributed by atoms with Crippen molar-refractivity contribution in [2.75, 3.05) is 25.7 Å².